The van der Waals surface area contributed by atoms with Crippen LogP contribution < -0.4 is 0 Å². The van der Waals surface area contributed by atoms with E-state index in [2.05, 4.69) is 0 Å². The van der Waals surface area contributed by atoms with Crippen molar-refractivity contribution in [3.05, 3.63) is 0 Å². The highest BCUT2D eigenvalue weighted by molar-refractivity contribution is 5.73. The van der Waals surface area contributed by atoms with E-state index in [-0.39, 0.29) is 0 Å². The number of rotatable bonds is 7. The normalized spacial score (nSPS) is 51.2. The van der Waals surface area contributed by atoms with Crippen LogP contribution in [-0.4, -0.2) is 167 Å². The van der Waals surface area contributed by atoms with Gasteiger partial charge in [0.15, 0.2) is 25.0 Å². The first-order valence-electron chi connectivity index (χ1n) is 10.6. The van der Waals surface area contributed by atoms with Gasteiger partial charge in [-0.05, 0) is 0 Å². The molecule has 3 aliphatic rings. The van der Waals surface area contributed by atoms with Crippen molar-refractivity contribution >= 4 is 5.97 Å². The average molecular weight is 518 g/mol. The topological polar surface area (TPSA) is 286 Å². The Kier molecular flexibility index (Phi) is 9.35. The zero-order valence-corrected chi connectivity index (χ0v) is 17.9. The summed E-state index contributed by atoms with van der Waals surface area (Å²) in [5, 5.41) is 109. The number of ether oxygens (including phenoxy) is 5. The van der Waals surface area contributed by atoms with E-state index in [4.69, 9.17) is 28.8 Å². The van der Waals surface area contributed by atoms with Crippen molar-refractivity contribution in [3.63, 3.8) is 0 Å². The van der Waals surface area contributed by atoms with Crippen molar-refractivity contribution in [1.82, 2.24) is 0 Å². The van der Waals surface area contributed by atoms with Crippen LogP contribution in [0.5, 0.6) is 0 Å². The van der Waals surface area contributed by atoms with E-state index < -0.39 is 111 Å². The van der Waals surface area contributed by atoms with Crippen LogP contribution in [0.1, 0.15) is 0 Å². The molecule has 35 heavy (non-hydrogen) atoms. The highest BCUT2D eigenvalue weighted by Gasteiger charge is 2.54. The molecular weight excluding hydrogens is 488 g/mol. The molecule has 0 saturated carbocycles. The lowest BCUT2D eigenvalue weighted by atomic mass is 9.96. The molecule has 0 aromatic heterocycles. The van der Waals surface area contributed by atoms with Gasteiger partial charge in [-0.1, -0.05) is 0 Å². The maximum Gasteiger partial charge on any atom is 0.335 e. The van der Waals surface area contributed by atoms with Crippen LogP contribution in [0.3, 0.4) is 0 Å². The molecule has 0 aliphatic carbocycles. The van der Waals surface area contributed by atoms with E-state index in [9.17, 15) is 55.9 Å². The molecule has 1 unspecified atom stereocenters. The van der Waals surface area contributed by atoms with Gasteiger partial charge in [0.05, 0.1) is 13.2 Å². The Bertz CT molecular complexity index is 707. The van der Waals surface area contributed by atoms with Crippen molar-refractivity contribution in [1.29, 1.82) is 0 Å². The number of carboxylic acids is 1. The number of aliphatic hydroxyl groups excluding tert-OH is 10. The summed E-state index contributed by atoms with van der Waals surface area (Å²) < 4.78 is 25.8. The molecule has 0 radical (unpaired) electrons. The molecule has 204 valence electrons. The summed E-state index contributed by atoms with van der Waals surface area (Å²) in [4.78, 5) is 11.1. The second kappa shape index (κ2) is 11.5. The van der Waals surface area contributed by atoms with Gasteiger partial charge in [-0.2, -0.15) is 0 Å². The highest BCUT2D eigenvalue weighted by atomic mass is 16.8. The fourth-order valence-corrected chi connectivity index (χ4v) is 4.02. The van der Waals surface area contributed by atoms with Crippen LogP contribution >= 0.6 is 0 Å². The van der Waals surface area contributed by atoms with Gasteiger partial charge < -0.3 is 79.9 Å². The molecule has 17 heteroatoms. The summed E-state index contributed by atoms with van der Waals surface area (Å²) in [7, 11) is 0. The Labute approximate surface area is 196 Å². The molecule has 15 atom stereocenters. The highest BCUT2D eigenvalue weighted by Crippen LogP contribution is 2.32. The van der Waals surface area contributed by atoms with Gasteiger partial charge in [0.1, 0.15) is 67.1 Å². The Morgan fingerprint density at radius 1 is 0.600 bits per heavy atom. The summed E-state index contributed by atoms with van der Waals surface area (Å²) >= 11 is 0. The first-order chi connectivity index (χ1) is 16.4. The van der Waals surface area contributed by atoms with E-state index in [1.165, 1.54) is 0 Å². The predicted octanol–water partition coefficient (Wildman–Crippen LogP) is -7.48. The Morgan fingerprint density at radius 3 is 1.63 bits per heavy atom. The summed E-state index contributed by atoms with van der Waals surface area (Å²) in [6.07, 6.45) is -27.4. The SMILES string of the molecule is O=C(O)[C@H]1OC(O)[C@H](O[C@@H]2O[C@H](CO)[C@@H](O[C@@H]3O[C@H](CO)[C@@H](O)[C@H](O)[C@H]3O)[C@H](O)[C@H]2O)[C@@H](O)[C@@H]1O. The van der Waals surface area contributed by atoms with Crippen molar-refractivity contribution in [3.8, 4) is 0 Å². The number of hydrogen-bond acceptors (Lipinski definition) is 16. The Hall–Kier alpha value is -1.13. The van der Waals surface area contributed by atoms with Gasteiger partial charge in [0.2, 0.25) is 0 Å². The van der Waals surface area contributed by atoms with Gasteiger partial charge in [-0.3, -0.25) is 0 Å². The number of carboxylic acid groups (broad SMARTS) is 1. The maximum atomic E-state index is 11.1. The fraction of sp³-hybridized carbons (Fsp3) is 0.944. The molecule has 3 heterocycles. The van der Waals surface area contributed by atoms with Gasteiger partial charge >= 0.3 is 5.97 Å². The number of aliphatic carboxylic acids is 1. The number of aliphatic hydroxyl groups is 10. The zero-order chi connectivity index (χ0) is 26.2. The second-order valence-electron chi connectivity index (χ2n) is 8.37. The molecule has 3 fully saturated rings. The molecule has 3 saturated heterocycles. The van der Waals surface area contributed by atoms with E-state index in [0.717, 1.165) is 0 Å². The van der Waals surface area contributed by atoms with E-state index in [0.29, 0.717) is 0 Å². The quantitative estimate of drug-likeness (QED) is 0.149. The van der Waals surface area contributed by atoms with Crippen molar-refractivity contribution in [2.75, 3.05) is 13.2 Å². The lowest BCUT2D eigenvalue weighted by molar-refractivity contribution is -0.380. The van der Waals surface area contributed by atoms with Crippen molar-refractivity contribution in [2.45, 2.75) is 92.1 Å². The summed E-state index contributed by atoms with van der Waals surface area (Å²) in [6, 6.07) is 0. The van der Waals surface area contributed by atoms with Crippen LogP contribution in [-0.2, 0) is 28.5 Å². The Morgan fingerprint density at radius 2 is 1.09 bits per heavy atom. The van der Waals surface area contributed by atoms with Gasteiger partial charge in [0.25, 0.3) is 0 Å². The molecule has 17 nitrogen and oxygen atoms in total. The van der Waals surface area contributed by atoms with Gasteiger partial charge in [-0.25, -0.2) is 4.79 Å². The minimum atomic E-state index is -2.10. The van der Waals surface area contributed by atoms with Gasteiger partial charge in [-0.15, -0.1) is 0 Å². The smallest absolute Gasteiger partial charge is 0.335 e. The monoisotopic (exact) mass is 518 g/mol. The fourth-order valence-electron chi connectivity index (χ4n) is 4.02. The molecule has 0 aromatic rings. The first-order valence-corrected chi connectivity index (χ1v) is 10.6. The van der Waals surface area contributed by atoms with Crippen LogP contribution in [0.25, 0.3) is 0 Å². The first kappa shape index (κ1) is 28.4. The number of carbonyl (C=O) groups is 1. The molecule has 0 bridgehead atoms. The third-order valence-electron chi connectivity index (χ3n) is 6.06. The average Bonchev–Trinajstić information content (AvgIpc) is 2.82. The lowest BCUT2D eigenvalue weighted by Crippen LogP contribution is -2.66. The third-order valence-corrected chi connectivity index (χ3v) is 6.06. The lowest BCUT2D eigenvalue weighted by Gasteiger charge is -2.47. The molecule has 0 spiro atoms. The molecule has 11 N–H and O–H groups in total. The molecule has 3 rings (SSSR count). The largest absolute Gasteiger partial charge is 0.479 e. The summed E-state index contributed by atoms with van der Waals surface area (Å²) in [6.45, 7) is -1.64. The minimum absolute atomic E-state index is 0.765. The van der Waals surface area contributed by atoms with Crippen LogP contribution in [0.2, 0.25) is 0 Å². The van der Waals surface area contributed by atoms with Crippen LogP contribution in [0, 0.1) is 0 Å². The second-order valence-corrected chi connectivity index (χ2v) is 8.37. The third kappa shape index (κ3) is 5.59. The predicted molar refractivity (Wildman–Crippen MR) is 102 cm³/mol. The van der Waals surface area contributed by atoms with Gasteiger partial charge in [0, 0.05) is 0 Å². The van der Waals surface area contributed by atoms with E-state index in [1.54, 1.807) is 0 Å². The maximum absolute atomic E-state index is 11.1. The van der Waals surface area contributed by atoms with Crippen molar-refractivity contribution < 1.29 is 84.7 Å². The van der Waals surface area contributed by atoms with Crippen molar-refractivity contribution in [2.24, 2.45) is 0 Å². The zero-order valence-electron chi connectivity index (χ0n) is 17.9. The van der Waals surface area contributed by atoms with Crippen LogP contribution in [0.15, 0.2) is 0 Å². The Balaban J connectivity index is 1.70. The minimum Gasteiger partial charge on any atom is -0.479 e. The van der Waals surface area contributed by atoms with E-state index >= 15 is 0 Å². The van der Waals surface area contributed by atoms with Crippen LogP contribution in [0.4, 0.5) is 0 Å². The standard InChI is InChI=1S/C18H30O17/c19-1-3-5(21)6(22)10(26)17(31-3)34-12-4(2-20)32-18(11(27)9(12)25)35-14-8(24)7(23)13(15(28)29)33-16(14)30/h3-14,16-27,30H,1-2H2,(H,28,29)/t3-,4-,5-,6+,7+,8+,9-,10-,11-,12-,13+,14-,16?,17+,18+/m1/s1. The number of hydrogen-bond donors (Lipinski definition) is 11. The molecule has 0 amide bonds. The summed E-state index contributed by atoms with van der Waals surface area (Å²) in [5.41, 5.74) is 0. The molecule has 0 aromatic carbocycles. The molecule has 3 aliphatic heterocycles. The molecular formula is C18H30O17. The van der Waals surface area contributed by atoms with E-state index in [1.807, 2.05) is 0 Å². The summed E-state index contributed by atoms with van der Waals surface area (Å²) in [5.74, 6) is -1.67.